The summed E-state index contributed by atoms with van der Waals surface area (Å²) in [5, 5.41) is 3.31. The number of piperazine rings is 1. The number of hydrogen-bond acceptors (Lipinski definition) is 6. The highest BCUT2D eigenvalue weighted by Crippen LogP contribution is 2.40. The maximum absolute atomic E-state index is 14.6. The molecule has 5 rings (SSSR count). The lowest BCUT2D eigenvalue weighted by Gasteiger charge is -2.35. The van der Waals surface area contributed by atoms with E-state index < -0.39 is 11.9 Å². The summed E-state index contributed by atoms with van der Waals surface area (Å²) < 4.78 is 16.6. The highest BCUT2D eigenvalue weighted by molar-refractivity contribution is 7.71. The largest absolute Gasteiger partial charge is 0.362 e. The van der Waals surface area contributed by atoms with Crippen molar-refractivity contribution in [1.82, 2.24) is 24.8 Å². The van der Waals surface area contributed by atoms with Crippen LogP contribution in [0.5, 0.6) is 0 Å². The number of pyridine rings is 1. The van der Waals surface area contributed by atoms with Crippen molar-refractivity contribution in [2.24, 2.45) is 7.05 Å². The van der Waals surface area contributed by atoms with Gasteiger partial charge in [0.15, 0.2) is 0 Å². The molecule has 1 saturated heterocycles. The SMILES string of the molecule is CNC(=O)c1ccc(N2CCN(Cc3ccc4c(=S)n(C)c(=O)[nH]c4c3)C3CC32)c(F)n1. The van der Waals surface area contributed by atoms with Crippen LogP contribution in [0.1, 0.15) is 22.5 Å². The van der Waals surface area contributed by atoms with Crippen molar-refractivity contribution in [2.75, 3.05) is 25.0 Å². The van der Waals surface area contributed by atoms with Gasteiger partial charge in [0.2, 0.25) is 5.95 Å². The molecular formula is C22H23FN6O2S. The molecule has 2 N–H and O–H groups in total. The van der Waals surface area contributed by atoms with Gasteiger partial charge in [0.1, 0.15) is 10.3 Å². The third-order valence-corrected chi connectivity index (χ3v) is 6.86. The molecule has 0 bridgehead atoms. The maximum atomic E-state index is 14.6. The highest BCUT2D eigenvalue weighted by atomic mass is 32.1. The van der Waals surface area contributed by atoms with Crippen LogP contribution in [0.3, 0.4) is 0 Å². The van der Waals surface area contributed by atoms with Gasteiger partial charge in [-0.2, -0.15) is 4.39 Å². The van der Waals surface area contributed by atoms with Gasteiger partial charge in [0, 0.05) is 51.2 Å². The number of aromatic amines is 1. The number of nitrogens with zero attached hydrogens (tertiary/aromatic N) is 4. The molecule has 3 heterocycles. The summed E-state index contributed by atoms with van der Waals surface area (Å²) >= 11 is 5.38. The van der Waals surface area contributed by atoms with E-state index in [1.807, 2.05) is 18.2 Å². The summed E-state index contributed by atoms with van der Waals surface area (Å²) in [6, 6.07) is 9.75. The van der Waals surface area contributed by atoms with Crippen LogP contribution in [-0.4, -0.2) is 57.6 Å². The average Bonchev–Trinajstić information content (AvgIpc) is 3.59. The molecule has 0 radical (unpaired) electrons. The molecule has 1 aromatic carbocycles. The Bertz CT molecular complexity index is 1350. The first-order valence-corrected chi connectivity index (χ1v) is 10.9. The van der Waals surface area contributed by atoms with Crippen molar-refractivity contribution < 1.29 is 9.18 Å². The summed E-state index contributed by atoms with van der Waals surface area (Å²) in [7, 11) is 3.15. The van der Waals surface area contributed by atoms with Crippen LogP contribution in [0.15, 0.2) is 35.1 Å². The van der Waals surface area contributed by atoms with Crippen LogP contribution < -0.4 is 15.9 Å². The Morgan fingerprint density at radius 3 is 2.84 bits per heavy atom. The third kappa shape index (κ3) is 3.49. The number of fused-ring (bicyclic) bond motifs is 2. The number of rotatable bonds is 4. The molecular weight excluding hydrogens is 431 g/mol. The Morgan fingerprint density at radius 1 is 1.28 bits per heavy atom. The van der Waals surface area contributed by atoms with E-state index in [0.29, 0.717) is 22.9 Å². The Hall–Kier alpha value is -3.11. The van der Waals surface area contributed by atoms with Gasteiger partial charge in [0.25, 0.3) is 5.91 Å². The smallest absolute Gasteiger partial charge is 0.326 e. The summed E-state index contributed by atoms with van der Waals surface area (Å²) in [5.41, 5.74) is 2.13. The molecule has 1 aliphatic carbocycles. The first-order valence-electron chi connectivity index (χ1n) is 10.5. The van der Waals surface area contributed by atoms with Gasteiger partial charge < -0.3 is 15.2 Å². The second-order valence-electron chi connectivity index (χ2n) is 8.29. The van der Waals surface area contributed by atoms with Crippen LogP contribution in [-0.2, 0) is 13.6 Å². The minimum absolute atomic E-state index is 0.0740. The summed E-state index contributed by atoms with van der Waals surface area (Å²) in [4.78, 5) is 34.9. The molecule has 166 valence electrons. The molecule has 8 nitrogen and oxygen atoms in total. The van der Waals surface area contributed by atoms with E-state index in [2.05, 4.69) is 25.1 Å². The fourth-order valence-electron chi connectivity index (χ4n) is 4.54. The number of carbonyl (C=O) groups is 1. The van der Waals surface area contributed by atoms with E-state index in [1.54, 1.807) is 19.2 Å². The normalized spacial score (nSPS) is 20.3. The molecule has 2 fully saturated rings. The van der Waals surface area contributed by atoms with Gasteiger partial charge in [0.05, 0.1) is 11.2 Å². The molecule has 2 unspecified atom stereocenters. The fraction of sp³-hybridized carbons (Fsp3) is 0.364. The van der Waals surface area contributed by atoms with Gasteiger partial charge in [-0.3, -0.25) is 14.3 Å². The van der Waals surface area contributed by atoms with E-state index in [4.69, 9.17) is 12.2 Å². The molecule has 2 aliphatic rings. The topological polar surface area (TPSA) is 86.3 Å². The summed E-state index contributed by atoms with van der Waals surface area (Å²) in [5.74, 6) is -1.02. The van der Waals surface area contributed by atoms with Crippen molar-refractivity contribution in [3.05, 3.63) is 62.7 Å². The minimum atomic E-state index is -0.614. The van der Waals surface area contributed by atoms with Crippen LogP contribution in [0.25, 0.3) is 10.9 Å². The number of carbonyl (C=O) groups excluding carboxylic acids is 1. The van der Waals surface area contributed by atoms with Crippen molar-refractivity contribution in [3.63, 3.8) is 0 Å². The quantitative estimate of drug-likeness (QED) is 0.463. The van der Waals surface area contributed by atoms with E-state index in [9.17, 15) is 14.0 Å². The summed E-state index contributed by atoms with van der Waals surface area (Å²) in [6.07, 6.45) is 0.952. The van der Waals surface area contributed by atoms with Crippen LogP contribution in [0, 0.1) is 10.6 Å². The second-order valence-corrected chi connectivity index (χ2v) is 8.68. The minimum Gasteiger partial charge on any atom is -0.362 e. The number of amides is 1. The molecule has 1 saturated carbocycles. The molecule has 1 aliphatic heterocycles. The Labute approximate surface area is 188 Å². The molecule has 3 aromatic rings. The predicted octanol–water partition coefficient (Wildman–Crippen LogP) is 1.95. The van der Waals surface area contributed by atoms with Crippen molar-refractivity contribution >= 4 is 34.7 Å². The monoisotopic (exact) mass is 454 g/mol. The standard InChI is InChI=1S/C22H23FN6O2S/c1-24-20(30)14-5-6-16(19(23)25-14)29-8-7-28(17-10-18(17)29)11-12-3-4-13-15(9-12)26-22(31)27(2)21(13)32/h3-6,9,17-18H,7-8,10-11H2,1-2H3,(H,24,30)(H,26,31). The predicted molar refractivity (Wildman–Crippen MR) is 122 cm³/mol. The Balaban J connectivity index is 1.32. The van der Waals surface area contributed by atoms with E-state index in [1.165, 1.54) is 11.6 Å². The van der Waals surface area contributed by atoms with Gasteiger partial charge in [-0.05, 0) is 36.2 Å². The zero-order chi connectivity index (χ0) is 22.6. The van der Waals surface area contributed by atoms with E-state index >= 15 is 0 Å². The molecule has 10 heteroatoms. The number of nitrogens with one attached hydrogen (secondary N) is 2. The Morgan fingerprint density at radius 2 is 2.09 bits per heavy atom. The maximum Gasteiger partial charge on any atom is 0.326 e. The van der Waals surface area contributed by atoms with E-state index in [-0.39, 0.29) is 17.4 Å². The average molecular weight is 455 g/mol. The van der Waals surface area contributed by atoms with Crippen LogP contribution >= 0.6 is 12.2 Å². The lowest BCUT2D eigenvalue weighted by molar-refractivity contribution is 0.0957. The lowest BCUT2D eigenvalue weighted by atomic mass is 10.1. The first kappa shape index (κ1) is 20.8. The zero-order valence-corrected chi connectivity index (χ0v) is 18.6. The van der Waals surface area contributed by atoms with Crippen LogP contribution in [0.2, 0.25) is 0 Å². The molecule has 2 aromatic heterocycles. The molecule has 0 spiro atoms. The number of aromatic nitrogens is 3. The van der Waals surface area contributed by atoms with Crippen molar-refractivity contribution in [1.29, 1.82) is 0 Å². The van der Waals surface area contributed by atoms with E-state index in [0.717, 1.165) is 36.0 Å². The first-order chi connectivity index (χ1) is 15.4. The third-order valence-electron chi connectivity index (χ3n) is 6.37. The summed E-state index contributed by atoms with van der Waals surface area (Å²) in [6.45, 7) is 2.20. The number of hydrogen-bond donors (Lipinski definition) is 2. The van der Waals surface area contributed by atoms with Crippen LogP contribution in [0.4, 0.5) is 10.1 Å². The molecule has 1 amide bonds. The van der Waals surface area contributed by atoms with Crippen molar-refractivity contribution in [3.8, 4) is 0 Å². The van der Waals surface area contributed by atoms with Gasteiger partial charge in [-0.1, -0.05) is 18.3 Å². The molecule has 32 heavy (non-hydrogen) atoms. The second kappa shape index (κ2) is 7.79. The highest BCUT2D eigenvalue weighted by Gasteiger charge is 2.49. The van der Waals surface area contributed by atoms with Gasteiger partial charge >= 0.3 is 5.69 Å². The Kier molecular flexibility index (Phi) is 5.06. The number of halogens is 1. The fourth-order valence-corrected chi connectivity index (χ4v) is 4.80. The zero-order valence-electron chi connectivity index (χ0n) is 17.8. The van der Waals surface area contributed by atoms with Gasteiger partial charge in [-0.25, -0.2) is 9.78 Å². The number of anilines is 1. The molecule has 2 atom stereocenters. The lowest BCUT2D eigenvalue weighted by Crippen LogP contribution is -2.46. The number of H-pyrrole nitrogens is 1. The number of benzene rings is 1. The van der Waals surface area contributed by atoms with Gasteiger partial charge in [-0.15, -0.1) is 0 Å². The van der Waals surface area contributed by atoms with Crippen molar-refractivity contribution in [2.45, 2.75) is 25.0 Å².